The summed E-state index contributed by atoms with van der Waals surface area (Å²) in [7, 11) is 3.19. The summed E-state index contributed by atoms with van der Waals surface area (Å²) in [5.74, 6) is 2.78. The molecule has 0 amide bonds. The second kappa shape index (κ2) is 8.09. The van der Waals surface area contributed by atoms with Crippen LogP contribution >= 0.6 is 0 Å². The van der Waals surface area contributed by atoms with Crippen LogP contribution in [0.25, 0.3) is 5.65 Å². The lowest BCUT2D eigenvalue weighted by molar-refractivity contribution is -0.114. The van der Waals surface area contributed by atoms with E-state index in [4.69, 9.17) is 23.6 Å². The summed E-state index contributed by atoms with van der Waals surface area (Å²) in [5, 5.41) is 4.60. The van der Waals surface area contributed by atoms with E-state index in [1.807, 2.05) is 24.3 Å². The molecule has 3 aromatic heterocycles. The van der Waals surface area contributed by atoms with Crippen molar-refractivity contribution in [1.82, 2.24) is 19.6 Å². The number of carbonyl (C=O) groups excluding carboxylic acids is 1. The second-order valence-electron chi connectivity index (χ2n) is 7.70. The first kappa shape index (κ1) is 20.7. The maximum Gasteiger partial charge on any atom is 0.228 e. The third-order valence-electron chi connectivity index (χ3n) is 5.65. The van der Waals surface area contributed by atoms with Gasteiger partial charge in [0, 0.05) is 12.0 Å². The summed E-state index contributed by atoms with van der Waals surface area (Å²) < 4.78 is 23.9. The molecular formula is C24H22N4O5. The van der Waals surface area contributed by atoms with Crippen molar-refractivity contribution < 1.29 is 23.4 Å². The van der Waals surface area contributed by atoms with Crippen molar-refractivity contribution >= 4 is 11.4 Å². The molecule has 9 nitrogen and oxygen atoms in total. The van der Waals surface area contributed by atoms with Gasteiger partial charge in [0.25, 0.3) is 0 Å². The van der Waals surface area contributed by atoms with E-state index in [-0.39, 0.29) is 5.78 Å². The molecule has 1 aliphatic heterocycles. The number of ketones is 1. The standard InChI is InChI=1S/C24H22N4O5/c1-13(29)20-14(2)33-24-22(21(20)17-6-5-9-32-17)23-26-19(27-28(23)12-25-24)11-15-7-8-16(30-3)18(10-15)31-4/h5-10,12,21H,11H2,1-4H3/t21-/m0/s1. The van der Waals surface area contributed by atoms with Crippen LogP contribution in [0.5, 0.6) is 17.4 Å². The molecule has 1 atom stereocenters. The highest BCUT2D eigenvalue weighted by molar-refractivity contribution is 5.97. The van der Waals surface area contributed by atoms with Gasteiger partial charge >= 0.3 is 0 Å². The van der Waals surface area contributed by atoms with Crippen molar-refractivity contribution in [2.24, 2.45) is 0 Å². The molecule has 0 saturated heterocycles. The summed E-state index contributed by atoms with van der Waals surface area (Å²) in [6.45, 7) is 3.27. The average Bonchev–Trinajstić information content (AvgIpc) is 3.47. The Kier molecular flexibility index (Phi) is 5.08. The third kappa shape index (κ3) is 3.51. The highest BCUT2D eigenvalue weighted by Crippen LogP contribution is 2.44. The average molecular weight is 446 g/mol. The molecule has 9 heteroatoms. The quantitative estimate of drug-likeness (QED) is 0.442. The van der Waals surface area contributed by atoms with Crippen molar-refractivity contribution in [1.29, 1.82) is 0 Å². The Morgan fingerprint density at radius 2 is 2.00 bits per heavy atom. The normalized spacial score (nSPS) is 15.3. The van der Waals surface area contributed by atoms with Gasteiger partial charge in [0.05, 0.1) is 32.0 Å². The first-order valence-electron chi connectivity index (χ1n) is 10.4. The smallest absolute Gasteiger partial charge is 0.228 e. The molecule has 168 valence electrons. The Balaban J connectivity index is 1.61. The van der Waals surface area contributed by atoms with Gasteiger partial charge < -0.3 is 18.6 Å². The van der Waals surface area contributed by atoms with Crippen molar-refractivity contribution in [3.8, 4) is 17.4 Å². The van der Waals surface area contributed by atoms with Crippen molar-refractivity contribution in [2.75, 3.05) is 14.2 Å². The predicted molar refractivity (Wildman–Crippen MR) is 118 cm³/mol. The zero-order valence-corrected chi connectivity index (χ0v) is 18.7. The van der Waals surface area contributed by atoms with Gasteiger partial charge in [0.15, 0.2) is 28.8 Å². The number of rotatable bonds is 6. The maximum atomic E-state index is 12.6. The molecule has 0 radical (unpaired) electrons. The van der Waals surface area contributed by atoms with Gasteiger partial charge in [-0.3, -0.25) is 4.79 Å². The van der Waals surface area contributed by atoms with E-state index in [1.165, 1.54) is 6.92 Å². The van der Waals surface area contributed by atoms with Gasteiger partial charge in [0.1, 0.15) is 17.8 Å². The Morgan fingerprint density at radius 3 is 2.70 bits per heavy atom. The number of hydrogen-bond acceptors (Lipinski definition) is 8. The van der Waals surface area contributed by atoms with Crippen LogP contribution in [0.1, 0.15) is 42.5 Å². The number of carbonyl (C=O) groups is 1. The molecule has 4 aromatic rings. The molecule has 0 spiro atoms. The van der Waals surface area contributed by atoms with E-state index < -0.39 is 5.92 Å². The number of allylic oxidation sites excluding steroid dienone is 2. The number of hydrogen-bond donors (Lipinski definition) is 0. The van der Waals surface area contributed by atoms with Gasteiger partial charge in [-0.2, -0.15) is 0 Å². The number of methoxy groups -OCH3 is 2. The summed E-state index contributed by atoms with van der Waals surface area (Å²) in [6.07, 6.45) is 3.61. The van der Waals surface area contributed by atoms with Crippen LogP contribution in [0.2, 0.25) is 0 Å². The van der Waals surface area contributed by atoms with Crippen LogP contribution in [-0.2, 0) is 11.2 Å². The summed E-state index contributed by atoms with van der Waals surface area (Å²) >= 11 is 0. The minimum absolute atomic E-state index is 0.105. The fourth-order valence-corrected chi connectivity index (χ4v) is 4.22. The molecule has 0 bridgehead atoms. The molecule has 4 heterocycles. The Morgan fingerprint density at radius 1 is 1.18 bits per heavy atom. The van der Waals surface area contributed by atoms with E-state index in [2.05, 4.69) is 10.1 Å². The molecule has 0 aliphatic carbocycles. The van der Waals surface area contributed by atoms with Crippen LogP contribution in [0, 0.1) is 0 Å². The van der Waals surface area contributed by atoms with Crippen LogP contribution in [0.3, 0.4) is 0 Å². The zero-order chi connectivity index (χ0) is 23.1. The molecular weight excluding hydrogens is 424 g/mol. The number of benzene rings is 1. The molecule has 0 saturated carbocycles. The van der Waals surface area contributed by atoms with Crippen LogP contribution < -0.4 is 14.2 Å². The summed E-state index contributed by atoms with van der Waals surface area (Å²) in [6, 6.07) is 9.31. The SMILES string of the molecule is COc1ccc(Cc2nc3c4c(ncn3n2)OC(C)=C(C(C)=O)[C@@H]4c2ccco2)cc1OC. The van der Waals surface area contributed by atoms with Crippen molar-refractivity contribution in [3.05, 3.63) is 77.0 Å². The van der Waals surface area contributed by atoms with E-state index in [0.717, 1.165) is 5.56 Å². The monoisotopic (exact) mass is 446 g/mol. The topological polar surface area (TPSA) is 101 Å². The van der Waals surface area contributed by atoms with Crippen LogP contribution in [-0.4, -0.2) is 39.6 Å². The third-order valence-corrected chi connectivity index (χ3v) is 5.65. The largest absolute Gasteiger partial charge is 0.493 e. The fourth-order valence-electron chi connectivity index (χ4n) is 4.22. The number of fused-ring (bicyclic) bond motifs is 3. The lowest BCUT2D eigenvalue weighted by Crippen LogP contribution is -2.21. The lowest BCUT2D eigenvalue weighted by atomic mass is 9.85. The number of furan rings is 1. The molecule has 0 unspecified atom stereocenters. The molecule has 33 heavy (non-hydrogen) atoms. The molecule has 1 aliphatic rings. The van der Waals surface area contributed by atoms with Gasteiger partial charge in [-0.05, 0) is 43.7 Å². The minimum atomic E-state index is -0.490. The maximum absolute atomic E-state index is 12.6. The second-order valence-corrected chi connectivity index (χ2v) is 7.70. The molecule has 0 N–H and O–H groups in total. The van der Waals surface area contributed by atoms with Gasteiger partial charge in [-0.1, -0.05) is 6.07 Å². The van der Waals surface area contributed by atoms with Crippen molar-refractivity contribution in [3.63, 3.8) is 0 Å². The zero-order valence-electron chi connectivity index (χ0n) is 18.7. The Bertz CT molecular complexity index is 1390. The molecule has 5 rings (SSSR count). The Hall–Kier alpha value is -4.14. The van der Waals surface area contributed by atoms with E-state index in [0.29, 0.717) is 57.9 Å². The lowest BCUT2D eigenvalue weighted by Gasteiger charge is -2.26. The molecule has 0 fully saturated rings. The van der Waals surface area contributed by atoms with E-state index in [9.17, 15) is 4.79 Å². The number of nitrogens with zero attached hydrogens (tertiary/aromatic N) is 4. The Labute approximate surface area is 189 Å². The molecule has 1 aromatic carbocycles. The van der Waals surface area contributed by atoms with Gasteiger partial charge in [-0.25, -0.2) is 14.5 Å². The first-order valence-corrected chi connectivity index (χ1v) is 10.4. The van der Waals surface area contributed by atoms with E-state index >= 15 is 0 Å². The first-order chi connectivity index (χ1) is 16.0. The highest BCUT2D eigenvalue weighted by atomic mass is 16.5. The fraction of sp³-hybridized carbons (Fsp3) is 0.250. The minimum Gasteiger partial charge on any atom is -0.493 e. The van der Waals surface area contributed by atoms with Crippen molar-refractivity contribution in [2.45, 2.75) is 26.2 Å². The van der Waals surface area contributed by atoms with Gasteiger partial charge in [-0.15, -0.1) is 5.10 Å². The number of Topliss-reactive ketones (excluding diaryl/α,β-unsaturated/α-hetero) is 1. The summed E-state index contributed by atoms with van der Waals surface area (Å²) in [5.41, 5.74) is 2.68. The van der Waals surface area contributed by atoms with E-state index in [1.54, 1.807) is 44.3 Å². The highest BCUT2D eigenvalue weighted by Gasteiger charge is 2.37. The van der Waals surface area contributed by atoms with Crippen LogP contribution in [0.15, 0.2) is 58.7 Å². The summed E-state index contributed by atoms with van der Waals surface area (Å²) in [4.78, 5) is 21.8. The number of ether oxygens (including phenoxy) is 3. The predicted octanol–water partition coefficient (Wildman–Crippen LogP) is 3.71. The number of aromatic nitrogens is 4. The van der Waals surface area contributed by atoms with Gasteiger partial charge in [0.2, 0.25) is 5.88 Å². The van der Waals surface area contributed by atoms with Crippen LogP contribution in [0.4, 0.5) is 0 Å².